The number of ether oxygens (including phenoxy) is 3. The van der Waals surface area contributed by atoms with Gasteiger partial charge in [0.15, 0.2) is 0 Å². The van der Waals surface area contributed by atoms with E-state index in [-0.39, 0.29) is 24.1 Å². The number of methoxy groups -OCH3 is 1. The first-order chi connectivity index (χ1) is 16.7. The zero-order valence-corrected chi connectivity index (χ0v) is 20.8. The normalized spacial score (nSPS) is 18.3. The lowest BCUT2D eigenvalue weighted by Crippen LogP contribution is -2.48. The van der Waals surface area contributed by atoms with Gasteiger partial charge in [-0.05, 0) is 67.3 Å². The van der Waals surface area contributed by atoms with Crippen LogP contribution in [0.3, 0.4) is 0 Å². The summed E-state index contributed by atoms with van der Waals surface area (Å²) in [4.78, 5) is 26.6. The van der Waals surface area contributed by atoms with E-state index in [9.17, 15) is 9.59 Å². The van der Waals surface area contributed by atoms with E-state index in [1.807, 2.05) is 51.1 Å². The van der Waals surface area contributed by atoms with Crippen molar-refractivity contribution in [2.45, 2.75) is 51.4 Å². The number of rotatable bonds is 5. The van der Waals surface area contributed by atoms with E-state index in [0.29, 0.717) is 31.7 Å². The van der Waals surface area contributed by atoms with Crippen LogP contribution in [0, 0.1) is 0 Å². The molecule has 0 aliphatic carbocycles. The Kier molecular flexibility index (Phi) is 7.41. The van der Waals surface area contributed by atoms with E-state index >= 15 is 0 Å². The van der Waals surface area contributed by atoms with Crippen molar-refractivity contribution in [3.63, 3.8) is 0 Å². The van der Waals surface area contributed by atoms with Gasteiger partial charge in [0.25, 0.3) is 0 Å². The van der Waals surface area contributed by atoms with Crippen molar-refractivity contribution in [3.05, 3.63) is 83.4 Å². The first kappa shape index (κ1) is 24.7. The van der Waals surface area contributed by atoms with E-state index < -0.39 is 5.60 Å². The molecule has 0 aromatic heterocycles. The van der Waals surface area contributed by atoms with Gasteiger partial charge in [0.05, 0.1) is 31.9 Å². The van der Waals surface area contributed by atoms with Crippen LogP contribution in [0.1, 0.15) is 54.6 Å². The summed E-state index contributed by atoms with van der Waals surface area (Å²) in [5.41, 5.74) is 2.01. The summed E-state index contributed by atoms with van der Waals surface area (Å²) in [6, 6.07) is 22.0. The predicted octanol–water partition coefficient (Wildman–Crippen LogP) is 5.94. The third kappa shape index (κ3) is 6.20. The maximum absolute atomic E-state index is 12.8. The second kappa shape index (κ2) is 10.5. The van der Waals surface area contributed by atoms with Gasteiger partial charge in [-0.25, -0.2) is 9.59 Å². The van der Waals surface area contributed by atoms with Gasteiger partial charge in [0.1, 0.15) is 5.60 Å². The lowest BCUT2D eigenvalue weighted by molar-refractivity contribution is -0.0359. The smallest absolute Gasteiger partial charge is 0.410 e. The minimum Gasteiger partial charge on any atom is -0.465 e. The Morgan fingerprint density at radius 2 is 1.74 bits per heavy atom. The van der Waals surface area contributed by atoms with Gasteiger partial charge in [0.2, 0.25) is 0 Å². The number of piperidine rings is 1. The molecule has 0 radical (unpaired) electrons. The fourth-order valence-corrected chi connectivity index (χ4v) is 4.50. The molecule has 1 heterocycles. The Labute approximate surface area is 206 Å². The number of hydrogen-bond acceptors (Lipinski definition) is 5. The lowest BCUT2D eigenvalue weighted by Gasteiger charge is -2.39. The fourth-order valence-electron chi connectivity index (χ4n) is 4.50. The van der Waals surface area contributed by atoms with Gasteiger partial charge in [0, 0.05) is 12.5 Å². The van der Waals surface area contributed by atoms with Crippen LogP contribution in [-0.2, 0) is 20.8 Å². The number of benzene rings is 3. The van der Waals surface area contributed by atoms with Gasteiger partial charge in [-0.1, -0.05) is 48.5 Å². The highest BCUT2D eigenvalue weighted by molar-refractivity contribution is 5.89. The summed E-state index contributed by atoms with van der Waals surface area (Å²) in [5, 5.41) is 2.34. The molecule has 1 amide bonds. The number of amides is 1. The maximum Gasteiger partial charge on any atom is 0.410 e. The molecule has 2 unspecified atom stereocenters. The number of esters is 1. The monoisotopic (exact) mass is 475 g/mol. The largest absolute Gasteiger partial charge is 0.465 e. The lowest BCUT2D eigenvalue weighted by atomic mass is 9.86. The summed E-state index contributed by atoms with van der Waals surface area (Å²) >= 11 is 0. The van der Waals surface area contributed by atoms with Crippen LogP contribution in [-0.4, -0.2) is 48.9 Å². The second-order valence-corrected chi connectivity index (χ2v) is 9.97. The van der Waals surface area contributed by atoms with Crippen molar-refractivity contribution in [1.82, 2.24) is 4.90 Å². The maximum atomic E-state index is 12.8. The van der Waals surface area contributed by atoms with Crippen LogP contribution in [0.5, 0.6) is 0 Å². The third-order valence-electron chi connectivity index (χ3n) is 6.22. The quantitative estimate of drug-likeness (QED) is 0.428. The highest BCUT2D eigenvalue weighted by Crippen LogP contribution is 2.32. The van der Waals surface area contributed by atoms with Crippen molar-refractivity contribution < 1.29 is 23.8 Å². The van der Waals surface area contributed by atoms with Crippen LogP contribution in [0.15, 0.2) is 66.7 Å². The Morgan fingerprint density at radius 3 is 2.49 bits per heavy atom. The summed E-state index contributed by atoms with van der Waals surface area (Å²) in [6.07, 6.45) is 0.112. The van der Waals surface area contributed by atoms with E-state index in [4.69, 9.17) is 14.2 Å². The van der Waals surface area contributed by atoms with Crippen molar-refractivity contribution >= 4 is 22.8 Å². The molecule has 0 spiro atoms. The SMILES string of the molecule is COC(=O)c1cccc(C2CCN(C(=O)OC(C)(C)C)CC2OCc2ccc3ccccc3c2)c1. The number of hydrogen-bond donors (Lipinski definition) is 0. The second-order valence-electron chi connectivity index (χ2n) is 9.97. The first-order valence-corrected chi connectivity index (χ1v) is 12.0. The van der Waals surface area contributed by atoms with Gasteiger partial charge in [-0.2, -0.15) is 0 Å². The number of fused-ring (bicyclic) bond motifs is 1. The van der Waals surface area contributed by atoms with Gasteiger partial charge < -0.3 is 19.1 Å². The Morgan fingerprint density at radius 1 is 0.971 bits per heavy atom. The molecule has 0 saturated carbocycles. The first-order valence-electron chi connectivity index (χ1n) is 12.0. The molecular weight excluding hydrogens is 442 g/mol. The molecule has 1 fully saturated rings. The minimum atomic E-state index is -0.565. The van der Waals surface area contributed by atoms with Crippen LogP contribution < -0.4 is 0 Å². The molecule has 35 heavy (non-hydrogen) atoms. The molecule has 1 aliphatic heterocycles. The summed E-state index contributed by atoms with van der Waals surface area (Å²) in [6.45, 7) is 6.98. The number of nitrogens with zero attached hydrogens (tertiary/aromatic N) is 1. The van der Waals surface area contributed by atoms with E-state index in [0.717, 1.165) is 16.5 Å². The number of likely N-dealkylation sites (tertiary alicyclic amines) is 1. The zero-order chi connectivity index (χ0) is 25.0. The average molecular weight is 476 g/mol. The highest BCUT2D eigenvalue weighted by Gasteiger charge is 2.35. The van der Waals surface area contributed by atoms with Crippen LogP contribution in [0.2, 0.25) is 0 Å². The summed E-state index contributed by atoms with van der Waals surface area (Å²) < 4.78 is 17.0. The Hall–Kier alpha value is -3.38. The van der Waals surface area contributed by atoms with Gasteiger partial charge in [-0.3, -0.25) is 0 Å². The highest BCUT2D eigenvalue weighted by atomic mass is 16.6. The summed E-state index contributed by atoms with van der Waals surface area (Å²) in [5.74, 6) is -0.342. The Bertz CT molecular complexity index is 1200. The van der Waals surface area contributed by atoms with E-state index in [1.165, 1.54) is 12.5 Å². The van der Waals surface area contributed by atoms with Crippen LogP contribution in [0.4, 0.5) is 4.79 Å². The van der Waals surface area contributed by atoms with Crippen molar-refractivity contribution in [1.29, 1.82) is 0 Å². The Balaban J connectivity index is 1.56. The van der Waals surface area contributed by atoms with Crippen molar-refractivity contribution in [3.8, 4) is 0 Å². The van der Waals surface area contributed by atoms with Gasteiger partial charge >= 0.3 is 12.1 Å². The van der Waals surface area contributed by atoms with E-state index in [1.54, 1.807) is 11.0 Å². The third-order valence-corrected chi connectivity index (χ3v) is 6.22. The molecule has 1 aliphatic rings. The summed E-state index contributed by atoms with van der Waals surface area (Å²) in [7, 11) is 1.38. The van der Waals surface area contributed by atoms with Crippen LogP contribution >= 0.6 is 0 Å². The molecule has 6 heteroatoms. The number of carbonyl (C=O) groups excluding carboxylic acids is 2. The predicted molar refractivity (Wildman–Crippen MR) is 135 cm³/mol. The van der Waals surface area contributed by atoms with Crippen molar-refractivity contribution in [2.24, 2.45) is 0 Å². The molecule has 4 rings (SSSR count). The molecule has 0 N–H and O–H groups in total. The average Bonchev–Trinajstić information content (AvgIpc) is 2.85. The number of carbonyl (C=O) groups is 2. The van der Waals surface area contributed by atoms with Gasteiger partial charge in [-0.15, -0.1) is 0 Å². The molecular formula is C29H33NO5. The standard InChI is InChI=1S/C29H33NO5/c1-29(2,3)35-28(32)30-15-14-25(23-10-7-11-24(17-23)27(31)33-4)26(18-30)34-19-20-12-13-21-8-5-6-9-22(21)16-20/h5-13,16-17,25-26H,14-15,18-19H2,1-4H3. The fraction of sp³-hybridized carbons (Fsp3) is 0.379. The van der Waals surface area contributed by atoms with Crippen LogP contribution in [0.25, 0.3) is 10.8 Å². The topological polar surface area (TPSA) is 65.1 Å². The zero-order valence-electron chi connectivity index (χ0n) is 20.8. The van der Waals surface area contributed by atoms with E-state index in [2.05, 4.69) is 30.3 Å². The molecule has 6 nitrogen and oxygen atoms in total. The molecule has 1 saturated heterocycles. The minimum absolute atomic E-state index is 0.0266. The molecule has 3 aromatic carbocycles. The molecule has 184 valence electrons. The molecule has 2 atom stereocenters. The van der Waals surface area contributed by atoms with Crippen molar-refractivity contribution in [2.75, 3.05) is 20.2 Å². The molecule has 3 aromatic rings. The molecule has 0 bridgehead atoms.